The van der Waals surface area contributed by atoms with Crippen LogP contribution in [0.3, 0.4) is 0 Å². The highest BCUT2D eigenvalue weighted by Gasteiger charge is 2.20. The molecule has 0 unspecified atom stereocenters. The third-order valence-corrected chi connectivity index (χ3v) is 4.73. The van der Waals surface area contributed by atoms with Crippen LogP contribution >= 0.6 is 0 Å². The molecule has 33 heavy (non-hydrogen) atoms. The summed E-state index contributed by atoms with van der Waals surface area (Å²) in [5.41, 5.74) is -0.199. The van der Waals surface area contributed by atoms with Crippen LogP contribution in [-0.2, 0) is 11.2 Å². The van der Waals surface area contributed by atoms with Crippen LogP contribution < -0.4 is 10.9 Å². The minimum absolute atomic E-state index is 0.130. The van der Waals surface area contributed by atoms with E-state index in [1.54, 1.807) is 12.2 Å². The topological polar surface area (TPSA) is 106 Å². The van der Waals surface area contributed by atoms with E-state index in [9.17, 15) is 28.3 Å². The summed E-state index contributed by atoms with van der Waals surface area (Å²) in [6, 6.07) is 1.25. The van der Waals surface area contributed by atoms with Crippen LogP contribution in [0, 0.1) is 0 Å². The number of alkyl halides is 2. The number of rotatable bonds is 13. The van der Waals surface area contributed by atoms with Gasteiger partial charge in [-0.25, -0.2) is 18.4 Å². The second-order valence-electron chi connectivity index (χ2n) is 7.52. The zero-order valence-electron chi connectivity index (χ0n) is 19.2. The van der Waals surface area contributed by atoms with Crippen molar-refractivity contribution in [2.45, 2.75) is 65.2 Å². The van der Waals surface area contributed by atoms with E-state index in [1.807, 2.05) is 6.92 Å². The van der Waals surface area contributed by atoms with Crippen molar-refractivity contribution in [3.63, 3.8) is 0 Å². The number of methoxy groups -OCH3 is 1. The number of amides is 1. The van der Waals surface area contributed by atoms with E-state index in [0.29, 0.717) is 38.5 Å². The van der Waals surface area contributed by atoms with Crippen LogP contribution in [-0.4, -0.2) is 30.5 Å². The maximum absolute atomic E-state index is 12.6. The van der Waals surface area contributed by atoms with Crippen molar-refractivity contribution in [1.29, 1.82) is 0 Å². The molecule has 0 aliphatic carbocycles. The van der Waals surface area contributed by atoms with Crippen LogP contribution in [0.2, 0.25) is 0 Å². The monoisotopic (exact) mass is 467 g/mol. The van der Waals surface area contributed by atoms with Crippen molar-refractivity contribution in [3.8, 4) is 5.75 Å². The number of nitrogens with one attached hydrogen (secondary N) is 1. The summed E-state index contributed by atoms with van der Waals surface area (Å²) in [5.74, 6) is -0.856. The predicted molar refractivity (Wildman–Crippen MR) is 121 cm³/mol. The van der Waals surface area contributed by atoms with Crippen LogP contribution in [0.5, 0.6) is 5.75 Å². The van der Waals surface area contributed by atoms with Gasteiger partial charge in [0.2, 0.25) is 6.43 Å². The summed E-state index contributed by atoms with van der Waals surface area (Å²) in [5, 5.41) is 12.6. The lowest BCUT2D eigenvalue weighted by atomic mass is 10.0. The zero-order valence-corrected chi connectivity index (χ0v) is 19.2. The number of hydrogen-bond acceptors (Lipinski definition) is 6. The van der Waals surface area contributed by atoms with E-state index in [-0.39, 0.29) is 17.8 Å². The van der Waals surface area contributed by atoms with Crippen molar-refractivity contribution in [1.82, 2.24) is 5.32 Å². The van der Waals surface area contributed by atoms with Gasteiger partial charge in [-0.3, -0.25) is 10.1 Å². The molecule has 182 valence electrons. The van der Waals surface area contributed by atoms with E-state index in [0.717, 1.165) is 5.57 Å². The molecule has 0 atom stereocenters. The number of aromatic hydroxyl groups is 1. The Morgan fingerprint density at radius 3 is 2.58 bits per heavy atom. The highest BCUT2D eigenvalue weighted by atomic mass is 19.3. The molecule has 0 bridgehead atoms. The molecule has 0 spiro atoms. The molecule has 7 nitrogen and oxygen atoms in total. The number of hydrogen-bond donors (Lipinski definition) is 2. The van der Waals surface area contributed by atoms with Crippen LogP contribution in [0.4, 0.5) is 13.6 Å². The number of alkyl carbamates (subject to hydrolysis) is 1. The number of halogens is 2. The molecule has 0 saturated carbocycles. The fourth-order valence-corrected chi connectivity index (χ4v) is 2.85. The van der Waals surface area contributed by atoms with Crippen molar-refractivity contribution in [2.75, 3.05) is 7.11 Å². The Balaban J connectivity index is 2.70. The quantitative estimate of drug-likeness (QED) is 0.173. The number of ketones is 1. The fourth-order valence-electron chi connectivity index (χ4n) is 2.85. The number of Topliss-reactive ketones (excluding diaryl/α,β-unsaturated/α-hetero) is 1. The second-order valence-corrected chi connectivity index (χ2v) is 7.52. The molecule has 0 aliphatic rings. The first-order chi connectivity index (χ1) is 15.6. The Morgan fingerprint density at radius 1 is 1.21 bits per heavy atom. The summed E-state index contributed by atoms with van der Waals surface area (Å²) in [6.07, 6.45) is 6.54. The standard InChI is InChI=1S/C24H31F2NO6/c1-16(9-6-7-11-20(25)26)12-13-17(2)22(29)21-19(28)15-18(33-23(21)30)10-5-4-8-14-27-24(31)32-3/h8,12-15,20,28H,4-7,9-11H2,1-3H3,(H,27,31)/b14-8+,16-12+,17-13+. The Morgan fingerprint density at radius 2 is 1.94 bits per heavy atom. The average Bonchev–Trinajstić information content (AvgIpc) is 2.76. The molecular formula is C24H31F2NO6. The van der Waals surface area contributed by atoms with E-state index >= 15 is 0 Å². The molecule has 1 rings (SSSR count). The predicted octanol–water partition coefficient (Wildman–Crippen LogP) is 5.44. The largest absolute Gasteiger partial charge is 0.507 e. The van der Waals surface area contributed by atoms with Gasteiger partial charge in [0, 0.05) is 25.1 Å². The number of carbonyl (C=O) groups excluding carboxylic acids is 2. The van der Waals surface area contributed by atoms with Gasteiger partial charge in [0.15, 0.2) is 5.78 Å². The zero-order chi connectivity index (χ0) is 24.8. The third kappa shape index (κ3) is 10.8. The molecule has 1 aromatic rings. The molecule has 0 aromatic carbocycles. The Labute approximate surface area is 191 Å². The molecule has 2 N–H and O–H groups in total. The molecular weight excluding hydrogens is 436 g/mol. The number of allylic oxidation sites excluding steroid dienone is 5. The number of carbonyl (C=O) groups is 2. The van der Waals surface area contributed by atoms with Crippen LogP contribution in [0.1, 0.15) is 68.5 Å². The lowest BCUT2D eigenvalue weighted by Crippen LogP contribution is -2.16. The maximum Gasteiger partial charge on any atom is 0.410 e. The smallest absolute Gasteiger partial charge is 0.410 e. The lowest BCUT2D eigenvalue weighted by molar-refractivity contribution is 0.102. The average molecular weight is 468 g/mol. The van der Waals surface area contributed by atoms with Gasteiger partial charge >= 0.3 is 11.7 Å². The van der Waals surface area contributed by atoms with E-state index in [4.69, 9.17) is 4.42 Å². The first-order valence-corrected chi connectivity index (χ1v) is 10.7. The highest BCUT2D eigenvalue weighted by Crippen LogP contribution is 2.20. The summed E-state index contributed by atoms with van der Waals surface area (Å²) < 4.78 is 33.9. The van der Waals surface area contributed by atoms with Crippen LogP contribution in [0.15, 0.2) is 50.9 Å². The molecule has 0 aliphatic heterocycles. The highest BCUT2D eigenvalue weighted by molar-refractivity contribution is 6.09. The molecule has 1 amide bonds. The van der Waals surface area contributed by atoms with Gasteiger partial charge in [-0.15, -0.1) is 0 Å². The number of ether oxygens (including phenoxy) is 1. The van der Waals surface area contributed by atoms with Crippen molar-refractivity contribution < 1.29 is 32.6 Å². The normalized spacial score (nSPS) is 12.4. The lowest BCUT2D eigenvalue weighted by Gasteiger charge is -2.05. The minimum atomic E-state index is -2.30. The summed E-state index contributed by atoms with van der Waals surface area (Å²) >= 11 is 0. The SMILES string of the molecule is COC(=O)N/C=C/CCCc1cc(O)c(C(=O)/C(C)=C/C=C(\C)CCCCC(F)F)c(=O)o1. The summed E-state index contributed by atoms with van der Waals surface area (Å²) in [4.78, 5) is 35.8. The Hall–Kier alpha value is -3.23. The van der Waals surface area contributed by atoms with Gasteiger partial charge < -0.3 is 14.3 Å². The summed E-state index contributed by atoms with van der Waals surface area (Å²) in [6.45, 7) is 3.35. The van der Waals surface area contributed by atoms with E-state index < -0.39 is 35.2 Å². The van der Waals surface area contributed by atoms with E-state index in [1.165, 1.54) is 32.4 Å². The van der Waals surface area contributed by atoms with Gasteiger partial charge in [-0.1, -0.05) is 23.8 Å². The Kier molecular flexibility index (Phi) is 12.4. The molecule has 0 radical (unpaired) electrons. The number of unbranched alkanes of at least 4 members (excludes halogenated alkanes) is 2. The molecule has 1 heterocycles. The first-order valence-electron chi connectivity index (χ1n) is 10.7. The number of aryl methyl sites for hydroxylation is 1. The van der Waals surface area contributed by atoms with Gasteiger partial charge in [-0.05, 0) is 51.5 Å². The fraction of sp³-hybridized carbons (Fsp3) is 0.458. The molecule has 1 aromatic heterocycles. The van der Waals surface area contributed by atoms with Crippen molar-refractivity contribution in [2.24, 2.45) is 0 Å². The second kappa shape index (κ2) is 14.8. The minimum Gasteiger partial charge on any atom is -0.507 e. The Bertz CT molecular complexity index is 947. The van der Waals surface area contributed by atoms with Gasteiger partial charge in [0.1, 0.15) is 17.1 Å². The van der Waals surface area contributed by atoms with Crippen molar-refractivity contribution in [3.05, 3.63) is 63.4 Å². The van der Waals surface area contributed by atoms with E-state index in [2.05, 4.69) is 10.1 Å². The summed E-state index contributed by atoms with van der Waals surface area (Å²) in [7, 11) is 1.25. The van der Waals surface area contributed by atoms with Crippen molar-refractivity contribution >= 4 is 11.9 Å². The van der Waals surface area contributed by atoms with Gasteiger partial charge in [-0.2, -0.15) is 0 Å². The first kappa shape index (κ1) is 27.8. The molecule has 0 saturated heterocycles. The van der Waals surface area contributed by atoms with Gasteiger partial charge in [0.25, 0.3) is 0 Å². The maximum atomic E-state index is 12.6. The van der Waals surface area contributed by atoms with Gasteiger partial charge in [0.05, 0.1) is 7.11 Å². The third-order valence-electron chi connectivity index (χ3n) is 4.73. The van der Waals surface area contributed by atoms with Crippen LogP contribution in [0.25, 0.3) is 0 Å². The molecule has 9 heteroatoms. The molecule has 0 fully saturated rings.